The number of rotatable bonds is 4. The average molecular weight is 230 g/mol. The van der Waals surface area contributed by atoms with Crippen molar-refractivity contribution < 1.29 is 4.79 Å². The summed E-state index contributed by atoms with van der Waals surface area (Å²) in [5.74, 6) is 2.50. The van der Waals surface area contributed by atoms with Gasteiger partial charge in [-0.1, -0.05) is 0 Å². The van der Waals surface area contributed by atoms with Gasteiger partial charge in [0, 0.05) is 48.2 Å². The molecule has 5 heteroatoms. The summed E-state index contributed by atoms with van der Waals surface area (Å²) in [6, 6.07) is 0.282. The lowest BCUT2D eigenvalue weighted by Crippen LogP contribution is -2.35. The lowest BCUT2D eigenvalue weighted by molar-refractivity contribution is 0.194. The van der Waals surface area contributed by atoms with Gasteiger partial charge in [-0.2, -0.15) is 23.5 Å². The van der Waals surface area contributed by atoms with Crippen molar-refractivity contribution in [1.82, 2.24) is 9.80 Å². The quantitative estimate of drug-likeness (QED) is 0.672. The number of hydrogen-bond donors (Lipinski definition) is 0. The molecule has 0 bridgehead atoms. The summed E-state index contributed by atoms with van der Waals surface area (Å²) in [6.45, 7) is 3.87. The molecule has 2 unspecified atom stereocenters. The van der Waals surface area contributed by atoms with Crippen LogP contribution in [0.15, 0.2) is 0 Å². The third-order valence-electron chi connectivity index (χ3n) is 2.83. The third kappa shape index (κ3) is 1.98. The number of carbonyl (C=O) groups is 1. The van der Waals surface area contributed by atoms with E-state index in [0.29, 0.717) is 0 Å². The molecule has 3 fully saturated rings. The molecule has 2 atom stereocenters. The van der Waals surface area contributed by atoms with E-state index in [1.54, 1.807) is 0 Å². The summed E-state index contributed by atoms with van der Waals surface area (Å²) in [4.78, 5) is 15.9. The van der Waals surface area contributed by atoms with Gasteiger partial charge in [-0.25, -0.2) is 4.79 Å². The molecule has 0 aromatic carbocycles. The van der Waals surface area contributed by atoms with Gasteiger partial charge >= 0.3 is 6.03 Å². The van der Waals surface area contributed by atoms with Gasteiger partial charge in [-0.05, 0) is 0 Å². The van der Waals surface area contributed by atoms with E-state index in [9.17, 15) is 4.79 Å². The van der Waals surface area contributed by atoms with E-state index >= 15 is 0 Å². The van der Waals surface area contributed by atoms with Crippen LogP contribution in [-0.4, -0.2) is 64.0 Å². The van der Waals surface area contributed by atoms with E-state index in [0.717, 1.165) is 36.7 Å². The molecule has 3 heterocycles. The Morgan fingerprint density at radius 3 is 1.86 bits per heavy atom. The molecule has 3 saturated heterocycles. The molecule has 3 nitrogen and oxygen atoms in total. The molecule has 3 aliphatic rings. The predicted molar refractivity (Wildman–Crippen MR) is 61.0 cm³/mol. The zero-order valence-corrected chi connectivity index (χ0v) is 9.65. The molecular weight excluding hydrogens is 216 g/mol. The van der Waals surface area contributed by atoms with E-state index < -0.39 is 0 Å². The molecule has 0 aromatic rings. The van der Waals surface area contributed by atoms with Crippen molar-refractivity contribution in [3.8, 4) is 0 Å². The first-order valence-electron chi connectivity index (χ1n) is 5.10. The van der Waals surface area contributed by atoms with E-state index in [4.69, 9.17) is 0 Å². The summed E-state index contributed by atoms with van der Waals surface area (Å²) in [7, 11) is 0. The van der Waals surface area contributed by atoms with Crippen LogP contribution in [0.1, 0.15) is 0 Å². The third-order valence-corrected chi connectivity index (χ3v) is 4.74. The summed E-state index contributed by atoms with van der Waals surface area (Å²) in [5.41, 5.74) is 0. The SMILES string of the molecule is O=C1N(CC2CS2)CCN1CC1CS1. The van der Waals surface area contributed by atoms with E-state index in [-0.39, 0.29) is 6.03 Å². The second kappa shape index (κ2) is 3.52. The Hall–Kier alpha value is -0.0300. The second-order valence-electron chi connectivity index (χ2n) is 4.09. The highest BCUT2D eigenvalue weighted by Crippen LogP contribution is 2.33. The Morgan fingerprint density at radius 1 is 1.07 bits per heavy atom. The van der Waals surface area contributed by atoms with Gasteiger partial charge < -0.3 is 9.80 Å². The highest BCUT2D eigenvalue weighted by atomic mass is 32.2. The largest absolute Gasteiger partial charge is 0.322 e. The minimum Gasteiger partial charge on any atom is -0.322 e. The van der Waals surface area contributed by atoms with Gasteiger partial charge in [0.1, 0.15) is 0 Å². The molecule has 78 valence electrons. The minimum absolute atomic E-state index is 0.282. The van der Waals surface area contributed by atoms with Crippen molar-refractivity contribution in [2.45, 2.75) is 10.5 Å². The number of amides is 2. The van der Waals surface area contributed by atoms with Crippen LogP contribution in [0.5, 0.6) is 0 Å². The van der Waals surface area contributed by atoms with Crippen molar-refractivity contribution in [2.24, 2.45) is 0 Å². The fourth-order valence-electron chi connectivity index (χ4n) is 1.81. The Balaban J connectivity index is 1.53. The minimum atomic E-state index is 0.282. The molecule has 14 heavy (non-hydrogen) atoms. The normalized spacial score (nSPS) is 35.3. The summed E-state index contributed by atoms with van der Waals surface area (Å²) >= 11 is 3.94. The van der Waals surface area contributed by atoms with Crippen LogP contribution in [0.2, 0.25) is 0 Å². The monoisotopic (exact) mass is 230 g/mol. The van der Waals surface area contributed by atoms with E-state index in [1.807, 2.05) is 33.3 Å². The maximum Gasteiger partial charge on any atom is 0.320 e. The number of thioether (sulfide) groups is 2. The Morgan fingerprint density at radius 2 is 1.50 bits per heavy atom. The van der Waals surface area contributed by atoms with Crippen molar-refractivity contribution in [1.29, 1.82) is 0 Å². The standard InChI is InChI=1S/C9H14N2OS2/c12-9-10(3-7-5-13-7)1-2-11(9)4-8-6-14-8/h7-8H,1-6H2. The van der Waals surface area contributed by atoms with Crippen LogP contribution in [0.25, 0.3) is 0 Å². The lowest BCUT2D eigenvalue weighted by Gasteiger charge is -2.17. The number of hydrogen-bond acceptors (Lipinski definition) is 3. The molecule has 0 spiro atoms. The van der Waals surface area contributed by atoms with Gasteiger partial charge in [0.05, 0.1) is 0 Å². The highest BCUT2D eigenvalue weighted by Gasteiger charge is 2.36. The maximum atomic E-state index is 11.9. The Kier molecular flexibility index (Phi) is 2.32. The molecule has 2 amide bonds. The molecule has 0 N–H and O–H groups in total. The van der Waals surface area contributed by atoms with Crippen molar-refractivity contribution in [3.05, 3.63) is 0 Å². The Bertz CT molecular complexity index is 229. The smallest absolute Gasteiger partial charge is 0.320 e. The van der Waals surface area contributed by atoms with Crippen molar-refractivity contribution in [3.63, 3.8) is 0 Å². The maximum absolute atomic E-state index is 11.9. The van der Waals surface area contributed by atoms with Crippen molar-refractivity contribution >= 4 is 29.6 Å². The average Bonchev–Trinajstić information content (AvgIpc) is 3.03. The number of urea groups is 1. The number of nitrogens with zero attached hydrogens (tertiary/aromatic N) is 2. The summed E-state index contributed by atoms with van der Waals surface area (Å²) in [6.07, 6.45) is 0. The van der Waals surface area contributed by atoms with Crippen LogP contribution in [0.4, 0.5) is 4.79 Å². The van der Waals surface area contributed by atoms with Gasteiger partial charge in [0.2, 0.25) is 0 Å². The highest BCUT2D eigenvalue weighted by molar-refractivity contribution is 8.07. The van der Waals surface area contributed by atoms with Gasteiger partial charge in [0.25, 0.3) is 0 Å². The fraction of sp³-hybridized carbons (Fsp3) is 0.889. The topological polar surface area (TPSA) is 23.6 Å². The second-order valence-corrected chi connectivity index (χ2v) is 6.75. The molecule has 0 saturated carbocycles. The molecule has 3 aliphatic heterocycles. The van der Waals surface area contributed by atoms with Crippen molar-refractivity contribution in [2.75, 3.05) is 37.7 Å². The summed E-state index contributed by atoms with van der Waals surface area (Å²) < 4.78 is 0. The van der Waals surface area contributed by atoms with Gasteiger partial charge in [-0.3, -0.25) is 0 Å². The van der Waals surface area contributed by atoms with Crippen LogP contribution in [-0.2, 0) is 0 Å². The van der Waals surface area contributed by atoms with Crippen LogP contribution in [0.3, 0.4) is 0 Å². The first-order valence-corrected chi connectivity index (χ1v) is 7.20. The first-order chi connectivity index (χ1) is 6.83. The zero-order valence-electron chi connectivity index (χ0n) is 8.02. The van der Waals surface area contributed by atoms with Crippen LogP contribution >= 0.6 is 23.5 Å². The number of carbonyl (C=O) groups excluding carboxylic acids is 1. The Labute approximate surface area is 92.6 Å². The van der Waals surface area contributed by atoms with Crippen LogP contribution in [0, 0.1) is 0 Å². The van der Waals surface area contributed by atoms with E-state index in [2.05, 4.69) is 0 Å². The predicted octanol–water partition coefficient (Wildman–Crippen LogP) is 0.955. The van der Waals surface area contributed by atoms with Gasteiger partial charge in [-0.15, -0.1) is 0 Å². The van der Waals surface area contributed by atoms with Crippen LogP contribution < -0.4 is 0 Å². The molecule has 0 radical (unpaired) electrons. The molecule has 3 rings (SSSR count). The lowest BCUT2D eigenvalue weighted by atomic mass is 10.4. The fourth-order valence-corrected chi connectivity index (χ4v) is 2.86. The van der Waals surface area contributed by atoms with E-state index in [1.165, 1.54) is 11.5 Å². The zero-order chi connectivity index (χ0) is 9.54. The van der Waals surface area contributed by atoms with Gasteiger partial charge in [0.15, 0.2) is 0 Å². The molecule has 0 aromatic heterocycles. The summed E-state index contributed by atoms with van der Waals surface area (Å²) in [5, 5.41) is 1.49. The molecular formula is C9H14N2OS2. The molecule has 0 aliphatic carbocycles. The first kappa shape index (κ1) is 9.21.